The predicted octanol–water partition coefficient (Wildman–Crippen LogP) is 6.10. The number of aryl methyl sites for hydroxylation is 2. The molecule has 1 unspecified atom stereocenters. The molecule has 0 bridgehead atoms. The van der Waals surface area contributed by atoms with E-state index in [4.69, 9.17) is 4.74 Å². The SMILES string of the molecule is CC(C)OCCCN1C(=O)C(=O)/C(=C(\O)c2ccc3c(c2)CCCC3)C1c1ccc(C(C)(C)C)cc1. The summed E-state index contributed by atoms with van der Waals surface area (Å²) in [6.07, 6.45) is 5.03. The fraction of sp³-hybridized carbons (Fsp3) is 0.484. The van der Waals surface area contributed by atoms with Gasteiger partial charge in [-0.3, -0.25) is 9.59 Å². The minimum absolute atomic E-state index is 0.0162. The third-order valence-electron chi connectivity index (χ3n) is 7.25. The van der Waals surface area contributed by atoms with Crippen LogP contribution >= 0.6 is 0 Å². The van der Waals surface area contributed by atoms with Crippen molar-refractivity contribution in [3.05, 3.63) is 75.9 Å². The van der Waals surface area contributed by atoms with Gasteiger partial charge in [0, 0.05) is 18.7 Å². The summed E-state index contributed by atoms with van der Waals surface area (Å²) >= 11 is 0. The fourth-order valence-corrected chi connectivity index (χ4v) is 5.21. The molecule has 5 heteroatoms. The van der Waals surface area contributed by atoms with Crippen LogP contribution in [0.4, 0.5) is 0 Å². The number of carbonyl (C=O) groups is 2. The molecular formula is C31H39NO4. The highest BCUT2D eigenvalue weighted by Crippen LogP contribution is 2.40. The fourth-order valence-electron chi connectivity index (χ4n) is 5.21. The number of ether oxygens (including phenoxy) is 1. The van der Waals surface area contributed by atoms with Gasteiger partial charge in [-0.2, -0.15) is 0 Å². The summed E-state index contributed by atoms with van der Waals surface area (Å²) in [6.45, 7) is 11.3. The Labute approximate surface area is 215 Å². The molecule has 1 heterocycles. The van der Waals surface area contributed by atoms with Crippen molar-refractivity contribution in [1.82, 2.24) is 4.90 Å². The third kappa shape index (κ3) is 5.41. The molecule has 192 valence electrons. The summed E-state index contributed by atoms with van der Waals surface area (Å²) in [5.74, 6) is -1.28. The zero-order valence-electron chi connectivity index (χ0n) is 22.3. The van der Waals surface area contributed by atoms with Gasteiger partial charge in [0.15, 0.2) is 0 Å². The van der Waals surface area contributed by atoms with Crippen molar-refractivity contribution in [3.63, 3.8) is 0 Å². The third-order valence-corrected chi connectivity index (χ3v) is 7.25. The van der Waals surface area contributed by atoms with E-state index in [2.05, 4.69) is 39.0 Å². The van der Waals surface area contributed by atoms with E-state index in [0.717, 1.165) is 24.8 Å². The standard InChI is InChI=1S/C31H39NO4/c1-20(2)36-18-8-17-32-27(22-13-15-25(16-14-22)31(3,4)5)26(29(34)30(32)35)28(33)24-12-11-21-9-6-7-10-23(21)19-24/h11-16,19-20,27,33H,6-10,17-18H2,1-5H3/b28-26-. The Bertz CT molecular complexity index is 1150. The van der Waals surface area contributed by atoms with E-state index in [1.165, 1.54) is 23.1 Å². The van der Waals surface area contributed by atoms with E-state index >= 15 is 0 Å². The summed E-state index contributed by atoms with van der Waals surface area (Å²) in [7, 11) is 0. The second-order valence-corrected chi connectivity index (χ2v) is 11.3. The number of rotatable bonds is 7. The smallest absolute Gasteiger partial charge is 0.295 e. The van der Waals surface area contributed by atoms with Gasteiger partial charge in [-0.1, -0.05) is 57.2 Å². The van der Waals surface area contributed by atoms with Crippen LogP contribution in [0.2, 0.25) is 0 Å². The molecule has 2 aliphatic rings. The van der Waals surface area contributed by atoms with Gasteiger partial charge in [0.2, 0.25) is 0 Å². The molecule has 1 saturated heterocycles. The summed E-state index contributed by atoms with van der Waals surface area (Å²) in [6, 6.07) is 13.4. The molecule has 0 radical (unpaired) electrons. The van der Waals surface area contributed by atoms with Gasteiger partial charge in [-0.25, -0.2) is 0 Å². The first-order valence-electron chi connectivity index (χ1n) is 13.2. The Kier molecular flexibility index (Phi) is 7.70. The lowest BCUT2D eigenvalue weighted by Gasteiger charge is -2.27. The predicted molar refractivity (Wildman–Crippen MR) is 143 cm³/mol. The van der Waals surface area contributed by atoms with Crippen LogP contribution in [-0.4, -0.2) is 41.0 Å². The van der Waals surface area contributed by atoms with Crippen molar-refractivity contribution < 1.29 is 19.4 Å². The number of likely N-dealkylation sites (tertiary alicyclic amines) is 1. The molecule has 36 heavy (non-hydrogen) atoms. The summed E-state index contributed by atoms with van der Waals surface area (Å²) in [4.78, 5) is 28.1. The van der Waals surface area contributed by atoms with Crippen molar-refractivity contribution in [1.29, 1.82) is 0 Å². The maximum absolute atomic E-state index is 13.3. The number of amides is 1. The lowest BCUT2D eigenvalue weighted by molar-refractivity contribution is -0.140. The number of nitrogens with zero attached hydrogens (tertiary/aromatic N) is 1. The second kappa shape index (κ2) is 10.6. The maximum atomic E-state index is 13.3. The van der Waals surface area contributed by atoms with Crippen LogP contribution in [-0.2, 0) is 32.6 Å². The number of benzene rings is 2. The number of ketones is 1. The maximum Gasteiger partial charge on any atom is 0.295 e. The summed E-state index contributed by atoms with van der Waals surface area (Å²) < 4.78 is 5.67. The number of carbonyl (C=O) groups excluding carboxylic acids is 2. The average molecular weight is 490 g/mol. The second-order valence-electron chi connectivity index (χ2n) is 11.3. The van der Waals surface area contributed by atoms with E-state index in [-0.39, 0.29) is 22.9 Å². The molecule has 1 aliphatic carbocycles. The van der Waals surface area contributed by atoms with Crippen molar-refractivity contribution in [2.24, 2.45) is 0 Å². The van der Waals surface area contributed by atoms with E-state index in [9.17, 15) is 14.7 Å². The molecule has 1 atom stereocenters. The highest BCUT2D eigenvalue weighted by Gasteiger charge is 2.45. The normalized spacial score (nSPS) is 19.7. The van der Waals surface area contributed by atoms with E-state index in [1.54, 1.807) is 4.90 Å². The van der Waals surface area contributed by atoms with Crippen molar-refractivity contribution in [3.8, 4) is 0 Å². The van der Waals surface area contributed by atoms with Gasteiger partial charge in [-0.15, -0.1) is 0 Å². The Morgan fingerprint density at radius 1 is 1.03 bits per heavy atom. The van der Waals surface area contributed by atoms with Gasteiger partial charge in [-0.05, 0) is 79.7 Å². The highest BCUT2D eigenvalue weighted by molar-refractivity contribution is 6.46. The van der Waals surface area contributed by atoms with Gasteiger partial charge in [0.1, 0.15) is 5.76 Å². The molecule has 1 amide bonds. The number of hydrogen-bond acceptors (Lipinski definition) is 4. The van der Waals surface area contributed by atoms with Crippen LogP contribution in [0.3, 0.4) is 0 Å². The molecule has 2 aromatic carbocycles. The van der Waals surface area contributed by atoms with Crippen molar-refractivity contribution >= 4 is 17.4 Å². The Hall–Kier alpha value is -2.92. The van der Waals surface area contributed by atoms with E-state index < -0.39 is 17.7 Å². The molecule has 2 aromatic rings. The van der Waals surface area contributed by atoms with Crippen LogP contribution in [0.15, 0.2) is 48.0 Å². The van der Waals surface area contributed by atoms with Crippen LogP contribution in [0.25, 0.3) is 5.76 Å². The molecule has 1 N–H and O–H groups in total. The first-order chi connectivity index (χ1) is 17.1. The molecule has 0 spiro atoms. The molecule has 5 nitrogen and oxygen atoms in total. The molecule has 1 fully saturated rings. The minimum atomic E-state index is -0.630. The van der Waals surface area contributed by atoms with Crippen molar-refractivity contribution in [2.45, 2.75) is 84.3 Å². The average Bonchev–Trinajstić information content (AvgIpc) is 3.10. The van der Waals surface area contributed by atoms with Gasteiger partial charge in [0.05, 0.1) is 17.7 Å². The Morgan fingerprint density at radius 2 is 1.69 bits per heavy atom. The largest absolute Gasteiger partial charge is 0.507 e. The minimum Gasteiger partial charge on any atom is -0.507 e. The van der Waals surface area contributed by atoms with Gasteiger partial charge >= 0.3 is 0 Å². The number of aliphatic hydroxyl groups is 1. The number of fused-ring (bicyclic) bond motifs is 1. The highest BCUT2D eigenvalue weighted by atomic mass is 16.5. The number of hydrogen-bond donors (Lipinski definition) is 1. The summed E-state index contributed by atoms with van der Waals surface area (Å²) in [5, 5.41) is 11.4. The molecule has 1 aliphatic heterocycles. The molecule has 4 rings (SSSR count). The first-order valence-corrected chi connectivity index (χ1v) is 13.2. The van der Waals surface area contributed by atoms with Crippen LogP contribution in [0.1, 0.15) is 87.7 Å². The molecular weight excluding hydrogens is 450 g/mol. The Morgan fingerprint density at radius 3 is 2.33 bits per heavy atom. The lowest BCUT2D eigenvalue weighted by atomic mass is 9.85. The topological polar surface area (TPSA) is 66.8 Å². The van der Waals surface area contributed by atoms with Crippen LogP contribution in [0, 0.1) is 0 Å². The molecule has 0 saturated carbocycles. The zero-order valence-corrected chi connectivity index (χ0v) is 22.3. The van der Waals surface area contributed by atoms with E-state index in [0.29, 0.717) is 25.1 Å². The lowest BCUT2D eigenvalue weighted by Crippen LogP contribution is -2.31. The number of aliphatic hydroxyl groups excluding tert-OH is 1. The number of Topliss-reactive ketones (excluding diaryl/α,β-unsaturated/α-hetero) is 1. The monoisotopic (exact) mass is 489 g/mol. The quantitative estimate of drug-likeness (QED) is 0.221. The first kappa shape index (κ1) is 26.2. The van der Waals surface area contributed by atoms with Crippen LogP contribution in [0.5, 0.6) is 0 Å². The van der Waals surface area contributed by atoms with Crippen LogP contribution < -0.4 is 0 Å². The van der Waals surface area contributed by atoms with Crippen molar-refractivity contribution in [2.75, 3.05) is 13.2 Å². The van der Waals surface area contributed by atoms with Gasteiger partial charge < -0.3 is 14.7 Å². The van der Waals surface area contributed by atoms with Gasteiger partial charge in [0.25, 0.3) is 11.7 Å². The summed E-state index contributed by atoms with van der Waals surface area (Å²) in [5.41, 5.74) is 5.28. The molecule has 0 aromatic heterocycles. The van der Waals surface area contributed by atoms with E-state index in [1.807, 2.05) is 38.1 Å². The Balaban J connectivity index is 1.75. The zero-order chi connectivity index (χ0) is 26.0.